The number of nitrogens with one attached hydrogen (secondary N) is 1. The number of amides is 1. The van der Waals surface area contributed by atoms with E-state index in [1.54, 1.807) is 12.1 Å². The Labute approximate surface area is 120 Å². The molecule has 1 aliphatic rings. The number of primary amides is 1. The number of aromatic hydroxyl groups is 1. The molecule has 1 aliphatic heterocycles. The monoisotopic (exact) mass is 277 g/mol. The van der Waals surface area contributed by atoms with Gasteiger partial charge in [-0.2, -0.15) is 5.26 Å². The molecule has 0 spiro atoms. The molecule has 21 heavy (non-hydrogen) atoms. The Hall–Kier alpha value is -3.26. The maximum absolute atomic E-state index is 11.6. The van der Waals surface area contributed by atoms with Gasteiger partial charge in [0.25, 0.3) is 5.91 Å². The van der Waals surface area contributed by atoms with Crippen LogP contribution in [-0.4, -0.2) is 11.0 Å². The van der Waals surface area contributed by atoms with Gasteiger partial charge in [-0.25, -0.2) is 0 Å². The highest BCUT2D eigenvalue weighted by Crippen LogP contribution is 2.43. The molecular weight excluding hydrogens is 266 g/mol. The van der Waals surface area contributed by atoms with Crippen molar-refractivity contribution in [1.29, 1.82) is 5.26 Å². The lowest BCUT2D eigenvalue weighted by Crippen LogP contribution is -2.17. The zero-order chi connectivity index (χ0) is 15.0. The molecule has 0 fully saturated rings. The number of nitrogens with two attached hydrogens (primary N) is 1. The van der Waals surface area contributed by atoms with Crippen molar-refractivity contribution >= 4 is 22.9 Å². The van der Waals surface area contributed by atoms with Crippen molar-refractivity contribution in [1.82, 2.24) is 0 Å². The molecular formula is C16H11N3O2. The fourth-order valence-electron chi connectivity index (χ4n) is 2.46. The van der Waals surface area contributed by atoms with Crippen LogP contribution in [0.3, 0.4) is 0 Å². The summed E-state index contributed by atoms with van der Waals surface area (Å²) in [5, 5.41) is 22.1. The van der Waals surface area contributed by atoms with Crippen LogP contribution in [0.15, 0.2) is 48.0 Å². The van der Waals surface area contributed by atoms with Crippen molar-refractivity contribution in [2.75, 3.05) is 5.32 Å². The number of anilines is 2. The maximum Gasteiger partial charge on any atom is 0.260 e. The van der Waals surface area contributed by atoms with Gasteiger partial charge in [-0.05, 0) is 18.2 Å². The molecule has 0 radical (unpaired) electrons. The number of hydrogen-bond acceptors (Lipinski definition) is 4. The number of nitrogens with zero attached hydrogens (tertiary/aromatic N) is 1. The van der Waals surface area contributed by atoms with E-state index in [9.17, 15) is 15.2 Å². The molecule has 1 heterocycles. The first-order chi connectivity index (χ1) is 10.1. The summed E-state index contributed by atoms with van der Waals surface area (Å²) >= 11 is 0. The zero-order valence-electron chi connectivity index (χ0n) is 10.9. The summed E-state index contributed by atoms with van der Waals surface area (Å²) in [6.07, 6.45) is 0. The van der Waals surface area contributed by atoms with E-state index in [0.717, 1.165) is 11.3 Å². The average Bonchev–Trinajstić information content (AvgIpc) is 2.46. The van der Waals surface area contributed by atoms with Gasteiger partial charge in [0.1, 0.15) is 17.4 Å². The van der Waals surface area contributed by atoms with E-state index in [-0.39, 0.29) is 11.3 Å². The number of para-hydroxylation sites is 1. The SMILES string of the molecule is N#C/C(C(N)=O)=C1\c2ccccc2Nc2cc(O)ccc21. The number of phenolic OH excluding ortho intramolecular Hbond substituents is 1. The number of hydrogen-bond donors (Lipinski definition) is 3. The Bertz CT molecular complexity index is 832. The highest BCUT2D eigenvalue weighted by Gasteiger charge is 2.25. The second kappa shape index (κ2) is 4.69. The van der Waals surface area contributed by atoms with Gasteiger partial charge in [-0.15, -0.1) is 0 Å². The molecule has 4 N–H and O–H groups in total. The molecule has 1 amide bonds. The number of benzene rings is 2. The lowest BCUT2D eigenvalue weighted by molar-refractivity contribution is -0.114. The van der Waals surface area contributed by atoms with Crippen LogP contribution in [0.1, 0.15) is 11.1 Å². The van der Waals surface area contributed by atoms with Crippen LogP contribution in [0.2, 0.25) is 0 Å². The van der Waals surface area contributed by atoms with Gasteiger partial charge in [0.15, 0.2) is 0 Å². The smallest absolute Gasteiger partial charge is 0.260 e. The largest absolute Gasteiger partial charge is 0.508 e. The average molecular weight is 277 g/mol. The van der Waals surface area contributed by atoms with Crippen molar-refractivity contribution in [2.24, 2.45) is 5.73 Å². The number of carbonyl (C=O) groups is 1. The van der Waals surface area contributed by atoms with E-state index in [1.165, 1.54) is 6.07 Å². The number of carbonyl (C=O) groups excluding carboxylic acids is 1. The molecule has 3 rings (SSSR count). The van der Waals surface area contributed by atoms with Crippen molar-refractivity contribution in [3.8, 4) is 11.8 Å². The second-order valence-corrected chi connectivity index (χ2v) is 4.63. The molecule has 0 atom stereocenters. The predicted molar refractivity (Wildman–Crippen MR) is 78.7 cm³/mol. The van der Waals surface area contributed by atoms with Gasteiger partial charge < -0.3 is 16.2 Å². The second-order valence-electron chi connectivity index (χ2n) is 4.63. The molecule has 102 valence electrons. The van der Waals surface area contributed by atoms with E-state index < -0.39 is 5.91 Å². The van der Waals surface area contributed by atoms with Gasteiger partial charge >= 0.3 is 0 Å². The molecule has 0 saturated carbocycles. The Kier molecular flexibility index (Phi) is 2.85. The molecule has 0 saturated heterocycles. The van der Waals surface area contributed by atoms with Crippen LogP contribution < -0.4 is 11.1 Å². The molecule has 0 aliphatic carbocycles. The number of fused-ring (bicyclic) bond motifs is 2. The third kappa shape index (κ3) is 1.99. The number of nitriles is 1. The maximum atomic E-state index is 11.6. The Morgan fingerprint density at radius 3 is 2.57 bits per heavy atom. The Morgan fingerprint density at radius 2 is 1.86 bits per heavy atom. The standard InChI is InChI=1S/C16H11N3O2/c17-8-12(16(18)21)15-10-3-1-2-4-13(10)19-14-7-9(20)5-6-11(14)15/h1-7,19-20H,(H2,18,21)/b15-12-. The summed E-state index contributed by atoms with van der Waals surface area (Å²) in [6, 6.07) is 13.9. The van der Waals surface area contributed by atoms with Crippen molar-refractivity contribution < 1.29 is 9.90 Å². The van der Waals surface area contributed by atoms with Crippen molar-refractivity contribution in [3.05, 3.63) is 59.2 Å². The van der Waals surface area contributed by atoms with Crippen LogP contribution in [-0.2, 0) is 4.79 Å². The zero-order valence-corrected chi connectivity index (χ0v) is 10.9. The van der Waals surface area contributed by atoms with Crippen LogP contribution in [0.4, 0.5) is 11.4 Å². The Morgan fingerprint density at radius 1 is 1.14 bits per heavy atom. The minimum atomic E-state index is -0.775. The molecule has 5 heteroatoms. The fourth-order valence-corrected chi connectivity index (χ4v) is 2.46. The topological polar surface area (TPSA) is 99.1 Å². The van der Waals surface area contributed by atoms with Gasteiger partial charge in [-0.3, -0.25) is 4.79 Å². The number of rotatable bonds is 1. The lowest BCUT2D eigenvalue weighted by atomic mass is 9.88. The number of phenols is 1. The van der Waals surface area contributed by atoms with Crippen LogP contribution in [0.25, 0.3) is 5.57 Å². The molecule has 2 aromatic carbocycles. The summed E-state index contributed by atoms with van der Waals surface area (Å²) in [5.74, 6) is -0.680. The Balaban J connectivity index is 2.40. The molecule has 0 bridgehead atoms. The van der Waals surface area contributed by atoms with Crippen molar-refractivity contribution in [2.45, 2.75) is 0 Å². The first kappa shape index (κ1) is 12.8. The van der Waals surface area contributed by atoms with Gasteiger partial charge in [-0.1, -0.05) is 18.2 Å². The molecule has 0 unspecified atom stereocenters. The van der Waals surface area contributed by atoms with E-state index >= 15 is 0 Å². The lowest BCUT2D eigenvalue weighted by Gasteiger charge is -2.24. The van der Waals surface area contributed by atoms with Crippen LogP contribution >= 0.6 is 0 Å². The highest BCUT2D eigenvalue weighted by molar-refractivity contribution is 6.11. The van der Waals surface area contributed by atoms with Crippen LogP contribution in [0, 0.1) is 11.3 Å². The molecule has 2 aromatic rings. The first-order valence-electron chi connectivity index (χ1n) is 6.26. The summed E-state index contributed by atoms with van der Waals surface area (Å²) in [7, 11) is 0. The fraction of sp³-hybridized carbons (Fsp3) is 0. The minimum absolute atomic E-state index is 0.0950. The highest BCUT2D eigenvalue weighted by atomic mass is 16.3. The summed E-state index contributed by atoms with van der Waals surface area (Å²) in [5.41, 5.74) is 8.47. The minimum Gasteiger partial charge on any atom is -0.508 e. The van der Waals surface area contributed by atoms with E-state index in [2.05, 4.69) is 5.32 Å². The molecule has 0 aromatic heterocycles. The summed E-state index contributed by atoms with van der Waals surface area (Å²) in [4.78, 5) is 11.6. The molecule has 5 nitrogen and oxygen atoms in total. The summed E-state index contributed by atoms with van der Waals surface area (Å²) in [6.45, 7) is 0. The first-order valence-corrected chi connectivity index (χ1v) is 6.26. The normalized spacial score (nSPS) is 14.2. The van der Waals surface area contributed by atoms with E-state index in [4.69, 9.17) is 5.73 Å². The van der Waals surface area contributed by atoms with Gasteiger partial charge in [0, 0.05) is 28.5 Å². The van der Waals surface area contributed by atoms with Gasteiger partial charge in [0.05, 0.1) is 5.69 Å². The summed E-state index contributed by atoms with van der Waals surface area (Å²) < 4.78 is 0. The predicted octanol–water partition coefficient (Wildman–Crippen LogP) is 2.26. The van der Waals surface area contributed by atoms with E-state index in [0.29, 0.717) is 16.8 Å². The third-order valence-electron chi connectivity index (χ3n) is 3.35. The third-order valence-corrected chi connectivity index (χ3v) is 3.35. The quantitative estimate of drug-likeness (QED) is 0.469. The van der Waals surface area contributed by atoms with Gasteiger partial charge in [0.2, 0.25) is 0 Å². The van der Waals surface area contributed by atoms with E-state index in [1.807, 2.05) is 30.3 Å². The van der Waals surface area contributed by atoms with Crippen LogP contribution in [0.5, 0.6) is 5.75 Å². The van der Waals surface area contributed by atoms with Crippen molar-refractivity contribution in [3.63, 3.8) is 0 Å².